The molecule has 120 valence electrons. The average Bonchev–Trinajstić information content (AvgIpc) is 2.46. The second-order valence-corrected chi connectivity index (χ2v) is 6.89. The summed E-state index contributed by atoms with van der Waals surface area (Å²) in [6, 6.07) is 5.50. The van der Waals surface area contributed by atoms with Crippen molar-refractivity contribution in [1.29, 1.82) is 0 Å². The Hall–Kier alpha value is -1.73. The first-order chi connectivity index (χ1) is 10.4. The van der Waals surface area contributed by atoms with Gasteiger partial charge in [0.2, 0.25) is 10.0 Å². The minimum atomic E-state index is -3.73. The zero-order valence-electron chi connectivity index (χ0n) is 12.0. The molecule has 0 aliphatic carbocycles. The molecule has 0 saturated carbocycles. The fraction of sp³-hybridized carbons (Fsp3) is 0.400. The van der Waals surface area contributed by atoms with Crippen LogP contribution in [0, 0.1) is 5.82 Å². The van der Waals surface area contributed by atoms with Gasteiger partial charge in [0.05, 0.1) is 11.9 Å². The summed E-state index contributed by atoms with van der Waals surface area (Å²) in [7, 11) is -3.73. The van der Waals surface area contributed by atoms with E-state index >= 15 is 0 Å². The van der Waals surface area contributed by atoms with Gasteiger partial charge in [-0.15, -0.1) is 0 Å². The summed E-state index contributed by atoms with van der Waals surface area (Å²) in [6.45, 7) is 0.554. The van der Waals surface area contributed by atoms with Crippen molar-refractivity contribution in [2.24, 2.45) is 0 Å². The van der Waals surface area contributed by atoms with E-state index in [0.717, 1.165) is 18.9 Å². The van der Waals surface area contributed by atoms with Crippen molar-refractivity contribution < 1.29 is 22.3 Å². The van der Waals surface area contributed by atoms with Gasteiger partial charge >= 0.3 is 0 Å². The standard InChI is InChI=1S/C15H18FNO4S/c16-13-7-4-12(5-8-13)6-9-15(18)17-22(19,20)11-14-3-1-2-10-21-14/h4-9,14H,1-3,10-11H2,(H,17,18)/b9-6-/t14-/m1/s1. The van der Waals surface area contributed by atoms with Crippen LogP contribution in [0.15, 0.2) is 30.3 Å². The lowest BCUT2D eigenvalue weighted by Gasteiger charge is -2.22. The predicted octanol–water partition coefficient (Wildman–Crippen LogP) is 1.85. The summed E-state index contributed by atoms with van der Waals surface area (Å²) in [6.07, 6.45) is 4.70. The zero-order valence-corrected chi connectivity index (χ0v) is 12.8. The Bertz CT molecular complexity index is 634. The van der Waals surface area contributed by atoms with E-state index in [2.05, 4.69) is 0 Å². The fourth-order valence-corrected chi connectivity index (χ4v) is 3.37. The number of hydrogen-bond acceptors (Lipinski definition) is 4. The van der Waals surface area contributed by atoms with E-state index in [0.29, 0.717) is 18.6 Å². The molecule has 0 aromatic heterocycles. The van der Waals surface area contributed by atoms with Gasteiger partial charge in [-0.25, -0.2) is 17.5 Å². The Balaban J connectivity index is 1.88. The molecule has 2 rings (SSSR count). The smallest absolute Gasteiger partial charge is 0.257 e. The SMILES string of the molecule is O=C(/C=C\c1ccc(F)cc1)NS(=O)(=O)C[C@H]1CCCCO1. The van der Waals surface area contributed by atoms with Crippen LogP contribution < -0.4 is 4.72 Å². The summed E-state index contributed by atoms with van der Waals surface area (Å²) in [5.41, 5.74) is 0.601. The highest BCUT2D eigenvalue weighted by Crippen LogP contribution is 2.14. The Morgan fingerprint density at radius 3 is 2.68 bits per heavy atom. The number of nitrogens with one attached hydrogen (secondary N) is 1. The number of sulfonamides is 1. The number of rotatable bonds is 5. The van der Waals surface area contributed by atoms with Crippen molar-refractivity contribution in [3.63, 3.8) is 0 Å². The first-order valence-corrected chi connectivity index (χ1v) is 8.69. The van der Waals surface area contributed by atoms with Gasteiger partial charge in [-0.3, -0.25) is 4.79 Å². The lowest BCUT2D eigenvalue weighted by molar-refractivity contribution is -0.114. The second-order valence-electron chi connectivity index (χ2n) is 5.12. The fourth-order valence-electron chi connectivity index (χ4n) is 2.16. The molecule has 1 atom stereocenters. The maximum absolute atomic E-state index is 12.7. The van der Waals surface area contributed by atoms with Gasteiger partial charge < -0.3 is 4.74 Å². The molecule has 7 heteroatoms. The Labute approximate surface area is 129 Å². The lowest BCUT2D eigenvalue weighted by atomic mass is 10.1. The zero-order chi connectivity index (χ0) is 16.0. The maximum Gasteiger partial charge on any atom is 0.257 e. The van der Waals surface area contributed by atoms with Crippen LogP contribution in [0.25, 0.3) is 6.08 Å². The molecule has 1 saturated heterocycles. The lowest BCUT2D eigenvalue weighted by Crippen LogP contribution is -2.37. The largest absolute Gasteiger partial charge is 0.377 e. The van der Waals surface area contributed by atoms with Crippen LogP contribution in [0.5, 0.6) is 0 Å². The third kappa shape index (κ3) is 5.57. The quantitative estimate of drug-likeness (QED) is 0.838. The monoisotopic (exact) mass is 327 g/mol. The van der Waals surface area contributed by atoms with E-state index in [1.165, 1.54) is 30.3 Å². The molecular formula is C15H18FNO4S. The van der Waals surface area contributed by atoms with Crippen LogP contribution in [0.1, 0.15) is 24.8 Å². The first kappa shape index (κ1) is 16.6. The van der Waals surface area contributed by atoms with Crippen molar-refractivity contribution in [3.05, 3.63) is 41.7 Å². The van der Waals surface area contributed by atoms with Crippen molar-refractivity contribution in [1.82, 2.24) is 4.72 Å². The van der Waals surface area contributed by atoms with E-state index in [4.69, 9.17) is 4.74 Å². The summed E-state index contributed by atoms with van der Waals surface area (Å²) in [5.74, 6) is -1.33. The third-order valence-corrected chi connectivity index (χ3v) is 4.56. The van der Waals surface area contributed by atoms with E-state index in [1.54, 1.807) is 0 Å². The Kier molecular flexibility index (Phi) is 5.68. The molecule has 1 aliphatic heterocycles. The Morgan fingerprint density at radius 2 is 2.05 bits per heavy atom. The highest BCUT2D eigenvalue weighted by molar-refractivity contribution is 7.90. The molecular weight excluding hydrogens is 309 g/mol. The molecule has 1 fully saturated rings. The van der Waals surface area contributed by atoms with Crippen molar-refractivity contribution >= 4 is 22.0 Å². The van der Waals surface area contributed by atoms with Gasteiger partial charge in [0.15, 0.2) is 0 Å². The van der Waals surface area contributed by atoms with E-state index in [1.807, 2.05) is 4.72 Å². The van der Waals surface area contributed by atoms with Gasteiger partial charge in [-0.1, -0.05) is 12.1 Å². The molecule has 1 aromatic rings. The number of hydrogen-bond donors (Lipinski definition) is 1. The molecule has 1 amide bonds. The third-order valence-electron chi connectivity index (χ3n) is 3.23. The van der Waals surface area contributed by atoms with Crippen molar-refractivity contribution in [2.45, 2.75) is 25.4 Å². The average molecular weight is 327 g/mol. The molecule has 0 radical (unpaired) electrons. The van der Waals surface area contributed by atoms with Gasteiger partial charge in [0.1, 0.15) is 5.82 Å². The number of ether oxygens (including phenoxy) is 1. The molecule has 1 N–H and O–H groups in total. The second kappa shape index (κ2) is 7.51. The predicted molar refractivity (Wildman–Crippen MR) is 81.0 cm³/mol. The van der Waals surface area contributed by atoms with Gasteiger partial charge in [0, 0.05) is 12.7 Å². The molecule has 1 heterocycles. The molecule has 1 aliphatic rings. The molecule has 1 aromatic carbocycles. The number of benzene rings is 1. The van der Waals surface area contributed by atoms with Crippen LogP contribution in [0.3, 0.4) is 0 Å². The molecule has 5 nitrogen and oxygen atoms in total. The number of halogens is 1. The van der Waals surface area contributed by atoms with Crippen LogP contribution in [-0.4, -0.2) is 32.8 Å². The Morgan fingerprint density at radius 1 is 1.32 bits per heavy atom. The minimum Gasteiger partial charge on any atom is -0.377 e. The van der Waals surface area contributed by atoms with Crippen molar-refractivity contribution in [2.75, 3.05) is 12.4 Å². The van der Waals surface area contributed by atoms with E-state index < -0.39 is 15.9 Å². The van der Waals surface area contributed by atoms with Crippen LogP contribution >= 0.6 is 0 Å². The highest BCUT2D eigenvalue weighted by atomic mass is 32.2. The normalized spacial score (nSPS) is 19.2. The summed E-state index contributed by atoms with van der Waals surface area (Å²) in [4.78, 5) is 11.6. The van der Waals surface area contributed by atoms with Crippen molar-refractivity contribution in [3.8, 4) is 0 Å². The topological polar surface area (TPSA) is 72.5 Å². The van der Waals surface area contributed by atoms with Crippen LogP contribution in [0.4, 0.5) is 4.39 Å². The van der Waals surface area contributed by atoms with Crippen LogP contribution in [-0.2, 0) is 19.6 Å². The number of carbonyl (C=O) groups is 1. The summed E-state index contributed by atoms with van der Waals surface area (Å²) in [5, 5.41) is 0. The number of carbonyl (C=O) groups excluding carboxylic acids is 1. The highest BCUT2D eigenvalue weighted by Gasteiger charge is 2.22. The minimum absolute atomic E-state index is 0.219. The van der Waals surface area contributed by atoms with Gasteiger partial charge in [-0.05, 0) is 43.0 Å². The summed E-state index contributed by atoms with van der Waals surface area (Å²) < 4.78 is 43.8. The number of amides is 1. The summed E-state index contributed by atoms with van der Waals surface area (Å²) >= 11 is 0. The van der Waals surface area contributed by atoms with E-state index in [9.17, 15) is 17.6 Å². The first-order valence-electron chi connectivity index (χ1n) is 7.04. The maximum atomic E-state index is 12.7. The molecule has 0 bridgehead atoms. The van der Waals surface area contributed by atoms with Crippen LogP contribution in [0.2, 0.25) is 0 Å². The molecule has 0 unspecified atom stereocenters. The van der Waals surface area contributed by atoms with E-state index in [-0.39, 0.29) is 17.7 Å². The van der Waals surface area contributed by atoms with Gasteiger partial charge in [-0.2, -0.15) is 0 Å². The molecule has 22 heavy (non-hydrogen) atoms. The van der Waals surface area contributed by atoms with Gasteiger partial charge in [0.25, 0.3) is 5.91 Å². The molecule has 0 spiro atoms.